The first-order valence-electron chi connectivity index (χ1n) is 9.81. The van der Waals surface area contributed by atoms with Crippen molar-refractivity contribution in [1.82, 2.24) is 20.2 Å². The van der Waals surface area contributed by atoms with Gasteiger partial charge >= 0.3 is 6.03 Å². The standard InChI is InChI=1S/C22H24N4O3S/c1-4-15-10-12-16(13-11-15)26-20(28)17-8-6-7-9-18(17)24-22(26)30-14(3)19(27)25-21(29)23-5-2/h6-14H,4-5H2,1-3H3,(H2,23,25,27,29). The third kappa shape index (κ3) is 4.71. The number of aryl methyl sites for hydroxylation is 1. The zero-order valence-electron chi connectivity index (χ0n) is 17.1. The summed E-state index contributed by atoms with van der Waals surface area (Å²) in [7, 11) is 0. The summed E-state index contributed by atoms with van der Waals surface area (Å²) in [6.45, 7) is 5.92. The topological polar surface area (TPSA) is 93.1 Å². The SMILES string of the molecule is CCNC(=O)NC(=O)C(C)Sc1nc2ccccc2c(=O)n1-c1ccc(CC)cc1. The number of para-hydroxylation sites is 1. The fourth-order valence-corrected chi connectivity index (χ4v) is 3.86. The van der Waals surface area contributed by atoms with Crippen molar-refractivity contribution in [2.45, 2.75) is 37.6 Å². The highest BCUT2D eigenvalue weighted by molar-refractivity contribution is 8.00. The van der Waals surface area contributed by atoms with Crippen LogP contribution in [0.25, 0.3) is 16.6 Å². The molecular weight excluding hydrogens is 400 g/mol. The largest absolute Gasteiger partial charge is 0.338 e. The molecular formula is C22H24N4O3S. The second-order valence-corrected chi connectivity index (χ2v) is 7.99. The fourth-order valence-electron chi connectivity index (χ4n) is 2.93. The van der Waals surface area contributed by atoms with Gasteiger partial charge in [-0.1, -0.05) is 43.0 Å². The monoisotopic (exact) mass is 424 g/mol. The van der Waals surface area contributed by atoms with Gasteiger partial charge in [-0.15, -0.1) is 0 Å². The van der Waals surface area contributed by atoms with Crippen LogP contribution in [0.3, 0.4) is 0 Å². The highest BCUT2D eigenvalue weighted by Gasteiger charge is 2.21. The van der Waals surface area contributed by atoms with Crippen LogP contribution in [0.1, 0.15) is 26.3 Å². The fraction of sp³-hybridized carbons (Fsp3) is 0.273. The lowest BCUT2D eigenvalue weighted by Gasteiger charge is -2.16. The minimum Gasteiger partial charge on any atom is -0.338 e. The van der Waals surface area contributed by atoms with Gasteiger partial charge in [0.15, 0.2) is 5.16 Å². The zero-order chi connectivity index (χ0) is 21.7. The molecule has 1 atom stereocenters. The summed E-state index contributed by atoms with van der Waals surface area (Å²) in [6, 6.07) is 14.3. The summed E-state index contributed by atoms with van der Waals surface area (Å²) in [6.07, 6.45) is 0.893. The molecule has 3 aromatic rings. The average Bonchev–Trinajstić information content (AvgIpc) is 2.74. The average molecular weight is 425 g/mol. The minimum atomic E-state index is -0.637. The van der Waals surface area contributed by atoms with Gasteiger partial charge in [-0.3, -0.25) is 19.5 Å². The molecule has 30 heavy (non-hydrogen) atoms. The van der Waals surface area contributed by atoms with Crippen molar-refractivity contribution < 1.29 is 9.59 Å². The number of imide groups is 1. The number of carbonyl (C=O) groups excluding carboxylic acids is 2. The molecule has 8 heteroatoms. The van der Waals surface area contributed by atoms with Gasteiger partial charge in [-0.05, 0) is 50.1 Å². The lowest BCUT2D eigenvalue weighted by atomic mass is 10.1. The summed E-state index contributed by atoms with van der Waals surface area (Å²) in [5.74, 6) is -0.457. The summed E-state index contributed by atoms with van der Waals surface area (Å²) in [4.78, 5) is 42.0. The van der Waals surface area contributed by atoms with Crippen molar-refractivity contribution in [3.05, 3.63) is 64.4 Å². The summed E-state index contributed by atoms with van der Waals surface area (Å²) in [5.41, 5.74) is 2.19. The van der Waals surface area contributed by atoms with Gasteiger partial charge in [0.25, 0.3) is 5.56 Å². The lowest BCUT2D eigenvalue weighted by molar-refractivity contribution is -0.119. The number of thioether (sulfide) groups is 1. The first kappa shape index (κ1) is 21.6. The van der Waals surface area contributed by atoms with E-state index in [0.29, 0.717) is 28.3 Å². The molecule has 1 unspecified atom stereocenters. The molecule has 0 aliphatic rings. The number of fused-ring (bicyclic) bond motifs is 1. The van der Waals surface area contributed by atoms with E-state index in [9.17, 15) is 14.4 Å². The zero-order valence-corrected chi connectivity index (χ0v) is 18.0. The number of rotatable bonds is 6. The van der Waals surface area contributed by atoms with Crippen LogP contribution < -0.4 is 16.2 Å². The molecule has 1 aromatic heterocycles. The number of urea groups is 1. The Morgan fingerprint density at radius 2 is 1.80 bits per heavy atom. The van der Waals surface area contributed by atoms with Gasteiger partial charge in [-0.25, -0.2) is 9.78 Å². The van der Waals surface area contributed by atoms with Crippen LogP contribution in [-0.2, 0) is 11.2 Å². The quantitative estimate of drug-likeness (QED) is 0.468. The van der Waals surface area contributed by atoms with Gasteiger partial charge < -0.3 is 5.32 Å². The second kappa shape index (κ2) is 9.58. The number of hydrogen-bond donors (Lipinski definition) is 2. The summed E-state index contributed by atoms with van der Waals surface area (Å²) < 4.78 is 1.52. The predicted octanol–water partition coefficient (Wildman–Crippen LogP) is 3.27. The molecule has 0 saturated heterocycles. The van der Waals surface area contributed by atoms with E-state index in [1.54, 1.807) is 32.0 Å². The van der Waals surface area contributed by atoms with Crippen molar-refractivity contribution in [2.24, 2.45) is 0 Å². The van der Waals surface area contributed by atoms with Crippen molar-refractivity contribution in [3.8, 4) is 5.69 Å². The van der Waals surface area contributed by atoms with Crippen LogP contribution in [0.2, 0.25) is 0 Å². The molecule has 156 valence electrons. The molecule has 1 heterocycles. The van der Waals surface area contributed by atoms with E-state index < -0.39 is 17.2 Å². The van der Waals surface area contributed by atoms with E-state index in [0.717, 1.165) is 23.7 Å². The Kier molecular flexibility index (Phi) is 6.89. The second-order valence-electron chi connectivity index (χ2n) is 6.68. The maximum Gasteiger partial charge on any atom is 0.321 e. The predicted molar refractivity (Wildman–Crippen MR) is 119 cm³/mol. The molecule has 0 saturated carbocycles. The van der Waals surface area contributed by atoms with E-state index in [1.807, 2.05) is 30.3 Å². The first-order chi connectivity index (χ1) is 14.4. The Morgan fingerprint density at radius 1 is 1.10 bits per heavy atom. The number of nitrogens with zero attached hydrogens (tertiary/aromatic N) is 2. The lowest BCUT2D eigenvalue weighted by Crippen LogP contribution is -2.42. The van der Waals surface area contributed by atoms with Crippen molar-refractivity contribution >= 4 is 34.6 Å². The van der Waals surface area contributed by atoms with Crippen LogP contribution >= 0.6 is 11.8 Å². The smallest absolute Gasteiger partial charge is 0.321 e. The molecule has 0 spiro atoms. The van der Waals surface area contributed by atoms with Gasteiger partial charge in [0.05, 0.1) is 21.8 Å². The van der Waals surface area contributed by atoms with Crippen LogP contribution in [0.15, 0.2) is 58.5 Å². The Hall–Kier alpha value is -3.13. The van der Waals surface area contributed by atoms with Gasteiger partial charge in [-0.2, -0.15) is 0 Å². The number of nitrogens with one attached hydrogen (secondary N) is 2. The van der Waals surface area contributed by atoms with E-state index in [1.165, 1.54) is 4.57 Å². The minimum absolute atomic E-state index is 0.205. The van der Waals surface area contributed by atoms with Gasteiger partial charge in [0.2, 0.25) is 5.91 Å². The number of carbonyl (C=O) groups is 2. The first-order valence-corrected chi connectivity index (χ1v) is 10.7. The molecule has 0 aliphatic carbocycles. The van der Waals surface area contributed by atoms with Crippen LogP contribution in [0.4, 0.5) is 4.79 Å². The molecule has 2 N–H and O–H groups in total. The Morgan fingerprint density at radius 3 is 2.47 bits per heavy atom. The van der Waals surface area contributed by atoms with Crippen LogP contribution in [0.5, 0.6) is 0 Å². The molecule has 0 fully saturated rings. The number of hydrogen-bond acceptors (Lipinski definition) is 5. The van der Waals surface area contributed by atoms with Gasteiger partial charge in [0, 0.05) is 6.54 Å². The Balaban J connectivity index is 2.02. The maximum atomic E-state index is 13.3. The van der Waals surface area contributed by atoms with Gasteiger partial charge in [0.1, 0.15) is 0 Å². The van der Waals surface area contributed by atoms with Crippen LogP contribution in [-0.4, -0.2) is 33.3 Å². The number of benzene rings is 2. The van der Waals surface area contributed by atoms with Crippen LogP contribution in [0, 0.1) is 0 Å². The Labute approximate surface area is 178 Å². The summed E-state index contributed by atoms with van der Waals surface area (Å²) in [5, 5.41) is 5.08. The molecule has 3 amide bonds. The van der Waals surface area contributed by atoms with E-state index in [2.05, 4.69) is 22.5 Å². The molecule has 0 radical (unpaired) electrons. The highest BCUT2D eigenvalue weighted by atomic mass is 32.2. The third-order valence-corrected chi connectivity index (χ3v) is 5.63. The normalized spacial score (nSPS) is 11.8. The van der Waals surface area contributed by atoms with Crippen molar-refractivity contribution in [1.29, 1.82) is 0 Å². The number of amides is 3. The van der Waals surface area contributed by atoms with E-state index in [-0.39, 0.29) is 5.56 Å². The number of aromatic nitrogens is 2. The van der Waals surface area contributed by atoms with E-state index in [4.69, 9.17) is 0 Å². The van der Waals surface area contributed by atoms with Crippen molar-refractivity contribution in [3.63, 3.8) is 0 Å². The third-order valence-electron chi connectivity index (χ3n) is 4.57. The molecule has 3 rings (SSSR count). The highest BCUT2D eigenvalue weighted by Crippen LogP contribution is 2.25. The van der Waals surface area contributed by atoms with Crippen molar-refractivity contribution in [2.75, 3.05) is 6.54 Å². The molecule has 7 nitrogen and oxygen atoms in total. The molecule has 0 bridgehead atoms. The molecule has 0 aliphatic heterocycles. The molecule has 2 aromatic carbocycles. The summed E-state index contributed by atoms with van der Waals surface area (Å²) >= 11 is 1.13. The van der Waals surface area contributed by atoms with E-state index >= 15 is 0 Å². The maximum absolute atomic E-state index is 13.3. The Bertz CT molecular complexity index is 1130.